The maximum Gasteiger partial charge on any atom is 0.243 e. The standard InChI is InChI=1S/C15H15ClN6S/c1-22-7-5-18-15(22)23-8-6-17-14-20-13(10-19-21-14)11-3-2-4-12(16)9-11/h2-5,7,9-10H,6,8H2,1H3,(H,17,20,21). The largest absolute Gasteiger partial charge is 0.352 e. The molecule has 0 spiro atoms. The number of imidazole rings is 1. The van der Waals surface area contributed by atoms with E-state index in [1.165, 1.54) is 0 Å². The van der Waals surface area contributed by atoms with Crippen LogP contribution in [0.2, 0.25) is 5.02 Å². The first kappa shape index (κ1) is 15.8. The molecule has 3 aromatic rings. The van der Waals surface area contributed by atoms with E-state index < -0.39 is 0 Å². The van der Waals surface area contributed by atoms with Crippen molar-refractivity contribution in [1.29, 1.82) is 0 Å². The molecule has 23 heavy (non-hydrogen) atoms. The lowest BCUT2D eigenvalue weighted by Crippen LogP contribution is -2.09. The molecule has 0 aliphatic heterocycles. The summed E-state index contributed by atoms with van der Waals surface area (Å²) in [5.41, 5.74) is 1.65. The van der Waals surface area contributed by atoms with Gasteiger partial charge in [-0.3, -0.25) is 0 Å². The van der Waals surface area contributed by atoms with Crippen LogP contribution in [0.15, 0.2) is 48.0 Å². The van der Waals surface area contributed by atoms with E-state index in [1.807, 2.05) is 42.1 Å². The van der Waals surface area contributed by atoms with Gasteiger partial charge in [-0.05, 0) is 12.1 Å². The van der Waals surface area contributed by atoms with Gasteiger partial charge in [0.05, 0.1) is 11.9 Å². The highest BCUT2D eigenvalue weighted by Crippen LogP contribution is 2.20. The third kappa shape index (κ3) is 4.20. The third-order valence-electron chi connectivity index (χ3n) is 3.07. The van der Waals surface area contributed by atoms with Crippen molar-refractivity contribution in [2.24, 2.45) is 7.05 Å². The highest BCUT2D eigenvalue weighted by Gasteiger charge is 2.04. The molecule has 0 radical (unpaired) electrons. The van der Waals surface area contributed by atoms with E-state index in [4.69, 9.17) is 11.6 Å². The zero-order valence-electron chi connectivity index (χ0n) is 12.5. The maximum atomic E-state index is 6.01. The van der Waals surface area contributed by atoms with Crippen LogP contribution in [0.3, 0.4) is 0 Å². The lowest BCUT2D eigenvalue weighted by Gasteiger charge is -2.06. The van der Waals surface area contributed by atoms with Crippen molar-refractivity contribution in [2.75, 3.05) is 17.6 Å². The summed E-state index contributed by atoms with van der Waals surface area (Å²) < 4.78 is 1.99. The molecule has 3 rings (SSSR count). The van der Waals surface area contributed by atoms with Crippen LogP contribution in [0.25, 0.3) is 11.3 Å². The van der Waals surface area contributed by atoms with Gasteiger partial charge in [0, 0.05) is 42.3 Å². The lowest BCUT2D eigenvalue weighted by atomic mass is 10.2. The predicted octanol–water partition coefficient (Wildman–Crippen LogP) is 3.13. The molecular weight excluding hydrogens is 332 g/mol. The summed E-state index contributed by atoms with van der Waals surface area (Å²) in [6.45, 7) is 0.720. The normalized spacial score (nSPS) is 10.7. The molecule has 118 valence electrons. The highest BCUT2D eigenvalue weighted by atomic mass is 35.5. The number of thioether (sulfide) groups is 1. The van der Waals surface area contributed by atoms with Crippen LogP contribution in [0.4, 0.5) is 5.95 Å². The maximum absolute atomic E-state index is 6.01. The van der Waals surface area contributed by atoms with Gasteiger partial charge in [0.2, 0.25) is 5.95 Å². The SMILES string of the molecule is Cn1ccnc1SCCNc1nncc(-c2cccc(Cl)c2)n1. The van der Waals surface area contributed by atoms with Crippen LogP contribution in [0.1, 0.15) is 0 Å². The molecule has 0 aliphatic carbocycles. The first-order valence-corrected chi connectivity index (χ1v) is 8.38. The predicted molar refractivity (Wildman–Crippen MR) is 92.7 cm³/mol. The fourth-order valence-corrected chi connectivity index (χ4v) is 2.94. The average molecular weight is 347 g/mol. The third-order valence-corrected chi connectivity index (χ3v) is 4.37. The summed E-state index contributed by atoms with van der Waals surface area (Å²) in [6, 6.07) is 7.51. The van der Waals surface area contributed by atoms with Crippen molar-refractivity contribution >= 4 is 29.3 Å². The van der Waals surface area contributed by atoms with Crippen molar-refractivity contribution < 1.29 is 0 Å². The topological polar surface area (TPSA) is 68.5 Å². The Hall–Kier alpha value is -2.12. The molecule has 0 amide bonds. The fraction of sp³-hybridized carbons (Fsp3) is 0.200. The molecule has 0 unspecified atom stereocenters. The first-order chi connectivity index (χ1) is 11.2. The first-order valence-electron chi connectivity index (χ1n) is 7.02. The summed E-state index contributed by atoms with van der Waals surface area (Å²) >= 11 is 7.68. The van der Waals surface area contributed by atoms with Crippen LogP contribution >= 0.6 is 23.4 Å². The summed E-state index contributed by atoms with van der Waals surface area (Å²) in [6.07, 6.45) is 5.34. The highest BCUT2D eigenvalue weighted by molar-refractivity contribution is 7.99. The quantitative estimate of drug-likeness (QED) is 0.546. The van der Waals surface area contributed by atoms with Crippen molar-refractivity contribution in [3.05, 3.63) is 47.9 Å². The smallest absolute Gasteiger partial charge is 0.243 e. The van der Waals surface area contributed by atoms with Crippen molar-refractivity contribution in [1.82, 2.24) is 24.7 Å². The number of rotatable bonds is 6. The molecule has 2 aromatic heterocycles. The van der Waals surface area contributed by atoms with Gasteiger partial charge in [0.25, 0.3) is 0 Å². The van der Waals surface area contributed by atoms with Crippen molar-refractivity contribution in [2.45, 2.75) is 5.16 Å². The second-order valence-electron chi connectivity index (χ2n) is 4.77. The van der Waals surface area contributed by atoms with Crippen molar-refractivity contribution in [3.8, 4) is 11.3 Å². The minimum Gasteiger partial charge on any atom is -0.352 e. The molecule has 0 saturated heterocycles. The molecule has 6 nitrogen and oxygen atoms in total. The Morgan fingerprint density at radius 1 is 1.35 bits per heavy atom. The monoisotopic (exact) mass is 346 g/mol. The molecule has 2 heterocycles. The number of aromatic nitrogens is 5. The summed E-state index contributed by atoms with van der Waals surface area (Å²) in [7, 11) is 1.98. The zero-order chi connectivity index (χ0) is 16.1. The Morgan fingerprint density at radius 2 is 2.26 bits per heavy atom. The second kappa shape index (κ2) is 7.43. The average Bonchev–Trinajstić information content (AvgIpc) is 2.97. The van der Waals surface area contributed by atoms with E-state index in [0.717, 1.165) is 28.7 Å². The molecule has 1 aromatic carbocycles. The summed E-state index contributed by atoms with van der Waals surface area (Å²) in [5, 5.41) is 12.8. The Morgan fingerprint density at radius 3 is 3.04 bits per heavy atom. The number of halogens is 1. The van der Waals surface area contributed by atoms with Crippen LogP contribution in [-0.2, 0) is 7.05 Å². The van der Waals surface area contributed by atoms with Crippen LogP contribution in [-0.4, -0.2) is 37.0 Å². The number of anilines is 1. The van der Waals surface area contributed by atoms with Crippen LogP contribution in [0, 0.1) is 0 Å². The zero-order valence-corrected chi connectivity index (χ0v) is 14.1. The van der Waals surface area contributed by atoms with Gasteiger partial charge in [0.1, 0.15) is 0 Å². The lowest BCUT2D eigenvalue weighted by molar-refractivity contribution is 0.790. The van der Waals surface area contributed by atoms with Gasteiger partial charge in [-0.25, -0.2) is 9.97 Å². The van der Waals surface area contributed by atoms with E-state index in [0.29, 0.717) is 11.0 Å². The Kier molecular flexibility index (Phi) is 5.09. The van der Waals surface area contributed by atoms with Crippen LogP contribution < -0.4 is 5.32 Å². The van der Waals surface area contributed by atoms with Gasteiger partial charge in [0.15, 0.2) is 5.16 Å². The number of hydrogen-bond donors (Lipinski definition) is 1. The van der Waals surface area contributed by atoms with Crippen molar-refractivity contribution in [3.63, 3.8) is 0 Å². The van der Waals surface area contributed by atoms with Crippen LogP contribution in [0.5, 0.6) is 0 Å². The molecule has 8 heteroatoms. The molecule has 0 atom stereocenters. The second-order valence-corrected chi connectivity index (χ2v) is 6.27. The molecule has 0 aliphatic rings. The van der Waals surface area contributed by atoms with Gasteiger partial charge in [-0.1, -0.05) is 35.5 Å². The van der Waals surface area contributed by atoms with E-state index in [1.54, 1.807) is 24.2 Å². The number of nitrogens with zero attached hydrogens (tertiary/aromatic N) is 5. The number of aryl methyl sites for hydroxylation is 1. The number of hydrogen-bond acceptors (Lipinski definition) is 6. The van der Waals surface area contributed by atoms with E-state index in [9.17, 15) is 0 Å². The Labute approximate surface area is 143 Å². The fourth-order valence-electron chi connectivity index (χ4n) is 1.96. The molecular formula is C15H15ClN6S. The Balaban J connectivity index is 1.58. The minimum atomic E-state index is 0.503. The molecule has 1 N–H and O–H groups in total. The van der Waals surface area contributed by atoms with Gasteiger partial charge in [-0.2, -0.15) is 5.10 Å². The molecule has 0 saturated carbocycles. The number of nitrogens with one attached hydrogen (secondary N) is 1. The summed E-state index contributed by atoms with van der Waals surface area (Å²) in [4.78, 5) is 8.73. The minimum absolute atomic E-state index is 0.503. The molecule has 0 bridgehead atoms. The van der Waals surface area contributed by atoms with Gasteiger partial charge >= 0.3 is 0 Å². The van der Waals surface area contributed by atoms with Gasteiger partial charge < -0.3 is 9.88 Å². The van der Waals surface area contributed by atoms with E-state index in [-0.39, 0.29) is 0 Å². The Bertz CT molecular complexity index is 791. The van der Waals surface area contributed by atoms with E-state index in [2.05, 4.69) is 25.5 Å². The van der Waals surface area contributed by atoms with E-state index >= 15 is 0 Å². The number of benzene rings is 1. The molecule has 0 fully saturated rings. The van der Waals surface area contributed by atoms with Gasteiger partial charge in [-0.15, -0.1) is 5.10 Å². The summed E-state index contributed by atoms with van der Waals surface area (Å²) in [5.74, 6) is 1.36.